The molecule has 1 aromatic carbocycles. The lowest BCUT2D eigenvalue weighted by Crippen LogP contribution is -2.14. The highest BCUT2D eigenvalue weighted by Gasteiger charge is 2.24. The maximum atomic E-state index is 12.0. The second-order valence-corrected chi connectivity index (χ2v) is 4.95. The second kappa shape index (κ2) is 6.42. The monoisotopic (exact) mass is 265 g/mol. The van der Waals surface area contributed by atoms with Gasteiger partial charge in [0.1, 0.15) is 11.7 Å². The number of methoxy groups -OCH3 is 1. The van der Waals surface area contributed by atoms with Gasteiger partial charge >= 0.3 is 0 Å². The van der Waals surface area contributed by atoms with Crippen molar-refractivity contribution in [2.45, 2.75) is 26.2 Å². The Labute approximate surface area is 112 Å². The third-order valence-corrected chi connectivity index (χ3v) is 2.80. The number of benzene rings is 1. The van der Waals surface area contributed by atoms with E-state index in [0.717, 1.165) is 0 Å². The van der Waals surface area contributed by atoms with Gasteiger partial charge in [-0.2, -0.15) is 5.26 Å². The van der Waals surface area contributed by atoms with E-state index in [4.69, 9.17) is 16.3 Å². The van der Waals surface area contributed by atoms with Crippen molar-refractivity contribution in [1.82, 2.24) is 0 Å². The molecular weight excluding hydrogens is 250 g/mol. The van der Waals surface area contributed by atoms with E-state index in [0.29, 0.717) is 22.8 Å². The first kappa shape index (κ1) is 14.5. The average molecular weight is 266 g/mol. The van der Waals surface area contributed by atoms with Crippen LogP contribution >= 0.6 is 11.6 Å². The minimum Gasteiger partial charge on any atom is -0.496 e. The van der Waals surface area contributed by atoms with Gasteiger partial charge in [0.25, 0.3) is 0 Å². The molecule has 0 aliphatic rings. The van der Waals surface area contributed by atoms with E-state index in [2.05, 4.69) is 0 Å². The summed E-state index contributed by atoms with van der Waals surface area (Å²) >= 11 is 5.91. The van der Waals surface area contributed by atoms with Crippen LogP contribution in [0, 0.1) is 17.2 Å². The molecule has 0 aliphatic heterocycles. The average Bonchev–Trinajstić information content (AvgIpc) is 2.29. The minimum atomic E-state index is -0.818. The molecule has 0 bridgehead atoms. The third kappa shape index (κ3) is 3.48. The topological polar surface area (TPSA) is 50.1 Å². The lowest BCUT2D eigenvalue weighted by Gasteiger charge is -2.14. The van der Waals surface area contributed by atoms with Gasteiger partial charge in [-0.15, -0.1) is 0 Å². The smallest absolute Gasteiger partial charge is 0.154 e. The number of hydrogen-bond donors (Lipinski definition) is 0. The van der Waals surface area contributed by atoms with E-state index in [-0.39, 0.29) is 11.7 Å². The summed E-state index contributed by atoms with van der Waals surface area (Å²) < 4.78 is 5.18. The fourth-order valence-electron chi connectivity index (χ4n) is 1.77. The van der Waals surface area contributed by atoms with E-state index in [1.165, 1.54) is 7.11 Å². The van der Waals surface area contributed by atoms with Crippen LogP contribution in [0.5, 0.6) is 5.75 Å². The molecule has 0 amide bonds. The molecular formula is C14H16ClNO2. The zero-order chi connectivity index (χ0) is 13.7. The van der Waals surface area contributed by atoms with Crippen LogP contribution in [0.4, 0.5) is 0 Å². The number of rotatable bonds is 5. The molecule has 1 aromatic rings. The summed E-state index contributed by atoms with van der Waals surface area (Å²) in [6, 6.07) is 7.00. The zero-order valence-corrected chi connectivity index (χ0v) is 11.5. The summed E-state index contributed by atoms with van der Waals surface area (Å²) in [5, 5.41) is 9.69. The Hall–Kier alpha value is -1.53. The summed E-state index contributed by atoms with van der Waals surface area (Å²) in [4.78, 5) is 12.0. The standard InChI is InChI=1S/C14H16ClNO2/c1-9(2)6-13(17)12(8-16)11-7-10(15)4-5-14(11)18-3/h4-5,7,9,12H,6H2,1-3H3. The molecule has 1 unspecified atom stereocenters. The van der Waals surface area contributed by atoms with Crippen molar-refractivity contribution in [1.29, 1.82) is 5.26 Å². The summed E-state index contributed by atoms with van der Waals surface area (Å²) in [7, 11) is 1.51. The van der Waals surface area contributed by atoms with Gasteiger partial charge < -0.3 is 4.74 Å². The molecule has 96 valence electrons. The number of nitrogens with zero attached hydrogens (tertiary/aromatic N) is 1. The van der Waals surface area contributed by atoms with Gasteiger partial charge in [0.15, 0.2) is 5.78 Å². The number of ketones is 1. The van der Waals surface area contributed by atoms with Gasteiger partial charge in [0, 0.05) is 17.0 Å². The van der Waals surface area contributed by atoms with E-state index >= 15 is 0 Å². The number of hydrogen-bond acceptors (Lipinski definition) is 3. The lowest BCUT2D eigenvalue weighted by molar-refractivity contribution is -0.120. The van der Waals surface area contributed by atoms with Crippen molar-refractivity contribution in [3.05, 3.63) is 28.8 Å². The van der Waals surface area contributed by atoms with Gasteiger partial charge in [0.2, 0.25) is 0 Å². The van der Waals surface area contributed by atoms with Crippen LogP contribution in [0.15, 0.2) is 18.2 Å². The second-order valence-electron chi connectivity index (χ2n) is 4.51. The molecule has 0 radical (unpaired) electrons. The normalized spacial score (nSPS) is 12.0. The predicted molar refractivity (Wildman–Crippen MR) is 70.8 cm³/mol. The van der Waals surface area contributed by atoms with Crippen molar-refractivity contribution in [3.8, 4) is 11.8 Å². The number of nitriles is 1. The molecule has 3 nitrogen and oxygen atoms in total. The first-order chi connectivity index (χ1) is 8.49. The molecule has 0 aromatic heterocycles. The molecule has 0 spiro atoms. The fraction of sp³-hybridized carbons (Fsp3) is 0.429. The Bertz CT molecular complexity index is 477. The SMILES string of the molecule is COc1ccc(Cl)cc1C(C#N)C(=O)CC(C)C. The highest BCUT2D eigenvalue weighted by atomic mass is 35.5. The quantitative estimate of drug-likeness (QED) is 0.818. The van der Waals surface area contributed by atoms with Gasteiger partial charge in [-0.3, -0.25) is 4.79 Å². The van der Waals surface area contributed by atoms with Gasteiger partial charge in [0.05, 0.1) is 13.2 Å². The maximum Gasteiger partial charge on any atom is 0.154 e. The molecule has 0 heterocycles. The van der Waals surface area contributed by atoms with Crippen molar-refractivity contribution < 1.29 is 9.53 Å². The first-order valence-corrected chi connectivity index (χ1v) is 6.13. The molecule has 0 N–H and O–H groups in total. The Morgan fingerprint density at radius 3 is 2.67 bits per heavy atom. The largest absolute Gasteiger partial charge is 0.496 e. The maximum absolute atomic E-state index is 12.0. The molecule has 18 heavy (non-hydrogen) atoms. The molecule has 0 saturated heterocycles. The van der Waals surface area contributed by atoms with Gasteiger partial charge in [-0.25, -0.2) is 0 Å². The van der Waals surface area contributed by atoms with Gasteiger partial charge in [-0.05, 0) is 24.1 Å². The summed E-state index contributed by atoms with van der Waals surface area (Å²) in [6.07, 6.45) is 0.369. The highest BCUT2D eigenvalue weighted by Crippen LogP contribution is 2.31. The number of carbonyl (C=O) groups is 1. The van der Waals surface area contributed by atoms with Crippen LogP contribution in [0.25, 0.3) is 0 Å². The van der Waals surface area contributed by atoms with Crippen molar-refractivity contribution in [2.24, 2.45) is 5.92 Å². The third-order valence-electron chi connectivity index (χ3n) is 2.56. The zero-order valence-electron chi connectivity index (χ0n) is 10.7. The van der Waals surface area contributed by atoms with Crippen LogP contribution in [0.1, 0.15) is 31.7 Å². The lowest BCUT2D eigenvalue weighted by atomic mass is 9.90. The Morgan fingerprint density at radius 1 is 1.50 bits per heavy atom. The Kier molecular flexibility index (Phi) is 5.18. The van der Waals surface area contributed by atoms with Crippen LogP contribution in [0.2, 0.25) is 5.02 Å². The van der Waals surface area contributed by atoms with Crippen LogP contribution in [0.3, 0.4) is 0 Å². The van der Waals surface area contributed by atoms with E-state index in [9.17, 15) is 10.1 Å². The van der Waals surface area contributed by atoms with Gasteiger partial charge in [-0.1, -0.05) is 25.4 Å². The van der Waals surface area contributed by atoms with E-state index < -0.39 is 5.92 Å². The Balaban J connectivity index is 3.13. The van der Waals surface area contributed by atoms with Crippen LogP contribution in [-0.2, 0) is 4.79 Å². The molecule has 0 saturated carbocycles. The minimum absolute atomic E-state index is 0.104. The number of halogens is 1. The molecule has 0 aliphatic carbocycles. The number of Topliss-reactive ketones (excluding diaryl/α,β-unsaturated/α-hetero) is 1. The highest BCUT2D eigenvalue weighted by molar-refractivity contribution is 6.30. The summed E-state index contributed by atoms with van der Waals surface area (Å²) in [5.74, 6) is -0.185. The van der Waals surface area contributed by atoms with Crippen LogP contribution < -0.4 is 4.74 Å². The number of ether oxygens (including phenoxy) is 1. The molecule has 1 rings (SSSR count). The Morgan fingerprint density at radius 2 is 2.17 bits per heavy atom. The first-order valence-electron chi connectivity index (χ1n) is 5.75. The van der Waals surface area contributed by atoms with E-state index in [1.807, 2.05) is 19.9 Å². The summed E-state index contributed by atoms with van der Waals surface area (Å²) in [5.41, 5.74) is 0.540. The van der Waals surface area contributed by atoms with E-state index in [1.54, 1.807) is 18.2 Å². The summed E-state index contributed by atoms with van der Waals surface area (Å²) in [6.45, 7) is 3.89. The number of carbonyl (C=O) groups excluding carboxylic acids is 1. The fourth-order valence-corrected chi connectivity index (χ4v) is 1.95. The molecule has 4 heteroatoms. The molecule has 0 fully saturated rings. The van der Waals surface area contributed by atoms with Crippen LogP contribution in [-0.4, -0.2) is 12.9 Å². The van der Waals surface area contributed by atoms with Crippen molar-refractivity contribution in [3.63, 3.8) is 0 Å². The van der Waals surface area contributed by atoms with Crippen molar-refractivity contribution in [2.75, 3.05) is 7.11 Å². The predicted octanol–water partition coefficient (Wildman–Crippen LogP) is 3.57. The molecule has 1 atom stereocenters. The van der Waals surface area contributed by atoms with Crippen molar-refractivity contribution >= 4 is 17.4 Å².